The van der Waals surface area contributed by atoms with Gasteiger partial charge in [-0.2, -0.15) is 0 Å². The molecule has 92 valence electrons. The van der Waals surface area contributed by atoms with Gasteiger partial charge in [-0.25, -0.2) is 0 Å². The van der Waals surface area contributed by atoms with Crippen molar-refractivity contribution in [2.24, 2.45) is 0 Å². The van der Waals surface area contributed by atoms with Gasteiger partial charge in [-0.1, -0.05) is 66.7 Å². The Morgan fingerprint density at radius 2 is 0.947 bits per heavy atom. The number of benzene rings is 3. The monoisotopic (exact) mass is 262 g/mol. The molecule has 0 aliphatic heterocycles. The van der Waals surface area contributed by atoms with Crippen LogP contribution in [0.1, 0.15) is 0 Å². The molecule has 0 saturated heterocycles. The highest BCUT2D eigenvalue weighted by atomic mass is 32.1. The molecule has 0 amide bonds. The maximum atomic E-state index is 4.34. The lowest BCUT2D eigenvalue weighted by atomic mass is 9.95. The maximum absolute atomic E-state index is 4.34. The van der Waals surface area contributed by atoms with E-state index in [1.165, 1.54) is 22.3 Å². The van der Waals surface area contributed by atoms with E-state index in [1.54, 1.807) is 0 Å². The van der Waals surface area contributed by atoms with Crippen LogP contribution in [0.25, 0.3) is 22.3 Å². The van der Waals surface area contributed by atoms with Gasteiger partial charge in [-0.05, 0) is 34.4 Å². The van der Waals surface area contributed by atoms with Gasteiger partial charge >= 0.3 is 0 Å². The van der Waals surface area contributed by atoms with Gasteiger partial charge in [-0.15, -0.1) is 12.6 Å². The Balaban J connectivity index is 2.15. The minimum absolute atomic E-state index is 0.987. The number of hydrogen-bond donors (Lipinski definition) is 1. The molecule has 0 N–H and O–H groups in total. The van der Waals surface area contributed by atoms with E-state index in [9.17, 15) is 0 Å². The molecule has 0 aliphatic rings. The van der Waals surface area contributed by atoms with Crippen LogP contribution in [-0.4, -0.2) is 0 Å². The molecular weight excluding hydrogens is 248 g/mol. The Morgan fingerprint density at radius 3 is 1.53 bits per heavy atom. The van der Waals surface area contributed by atoms with Crippen LogP contribution in [0.15, 0.2) is 83.8 Å². The Hall–Kier alpha value is -1.99. The van der Waals surface area contributed by atoms with E-state index in [4.69, 9.17) is 0 Å². The van der Waals surface area contributed by atoms with Crippen LogP contribution in [0.2, 0.25) is 0 Å². The zero-order valence-corrected chi connectivity index (χ0v) is 11.3. The first-order chi connectivity index (χ1) is 9.34. The van der Waals surface area contributed by atoms with Crippen LogP contribution in [0.3, 0.4) is 0 Å². The van der Waals surface area contributed by atoms with Crippen molar-refractivity contribution in [2.75, 3.05) is 0 Å². The van der Waals surface area contributed by atoms with Gasteiger partial charge in [-0.3, -0.25) is 0 Å². The normalized spacial score (nSPS) is 10.4. The highest BCUT2D eigenvalue weighted by Gasteiger charge is 2.05. The first-order valence-corrected chi connectivity index (χ1v) is 6.73. The van der Waals surface area contributed by atoms with Gasteiger partial charge in [0.05, 0.1) is 0 Å². The largest absolute Gasteiger partial charge is 0.143 e. The maximum Gasteiger partial charge on any atom is 0.00404 e. The van der Waals surface area contributed by atoms with Gasteiger partial charge in [0.2, 0.25) is 0 Å². The molecule has 1 heteroatoms. The number of rotatable bonds is 2. The standard InChI is InChI=1S/C18H14S/c19-16-12-10-15(11-13-16)18-9-5-4-8-17(18)14-6-2-1-3-7-14/h1-13,19H. The zero-order chi connectivity index (χ0) is 13.1. The summed E-state index contributed by atoms with van der Waals surface area (Å²) in [4.78, 5) is 0.987. The summed E-state index contributed by atoms with van der Waals surface area (Å²) in [7, 11) is 0. The third kappa shape index (κ3) is 2.56. The molecule has 19 heavy (non-hydrogen) atoms. The Kier molecular flexibility index (Phi) is 3.39. The van der Waals surface area contributed by atoms with Gasteiger partial charge in [0.15, 0.2) is 0 Å². The highest BCUT2D eigenvalue weighted by Crippen LogP contribution is 2.32. The first kappa shape index (κ1) is 12.1. The van der Waals surface area contributed by atoms with Crippen molar-refractivity contribution >= 4 is 12.6 Å². The predicted molar refractivity (Wildman–Crippen MR) is 84.6 cm³/mol. The van der Waals surface area contributed by atoms with Crippen LogP contribution in [-0.2, 0) is 0 Å². The van der Waals surface area contributed by atoms with E-state index in [1.807, 2.05) is 18.2 Å². The molecule has 0 bridgehead atoms. The van der Waals surface area contributed by atoms with E-state index in [0.29, 0.717) is 0 Å². The molecule has 3 aromatic rings. The molecule has 3 aromatic carbocycles. The van der Waals surface area contributed by atoms with Crippen LogP contribution >= 0.6 is 12.6 Å². The van der Waals surface area contributed by atoms with Crippen LogP contribution in [0, 0.1) is 0 Å². The second-order valence-electron chi connectivity index (χ2n) is 4.46. The molecule has 0 aromatic heterocycles. The summed E-state index contributed by atoms with van der Waals surface area (Å²) in [6.07, 6.45) is 0. The third-order valence-corrected chi connectivity index (χ3v) is 3.49. The van der Waals surface area contributed by atoms with Crippen molar-refractivity contribution in [1.29, 1.82) is 0 Å². The Morgan fingerprint density at radius 1 is 0.474 bits per heavy atom. The molecular formula is C18H14S. The van der Waals surface area contributed by atoms with Crippen molar-refractivity contribution in [3.63, 3.8) is 0 Å². The SMILES string of the molecule is Sc1ccc(-c2ccccc2-c2ccccc2)cc1. The van der Waals surface area contributed by atoms with Crippen molar-refractivity contribution in [2.45, 2.75) is 4.90 Å². The fraction of sp³-hybridized carbons (Fsp3) is 0. The molecule has 0 spiro atoms. The van der Waals surface area contributed by atoms with Gasteiger partial charge in [0.25, 0.3) is 0 Å². The molecule has 0 fully saturated rings. The summed E-state index contributed by atoms with van der Waals surface area (Å²) in [6.45, 7) is 0. The zero-order valence-electron chi connectivity index (χ0n) is 10.5. The lowest BCUT2D eigenvalue weighted by Crippen LogP contribution is -1.84. The quantitative estimate of drug-likeness (QED) is 0.594. The highest BCUT2D eigenvalue weighted by molar-refractivity contribution is 7.80. The minimum Gasteiger partial charge on any atom is -0.143 e. The fourth-order valence-electron chi connectivity index (χ4n) is 2.25. The van der Waals surface area contributed by atoms with Crippen LogP contribution < -0.4 is 0 Å². The minimum atomic E-state index is 0.987. The first-order valence-electron chi connectivity index (χ1n) is 6.28. The average molecular weight is 262 g/mol. The second kappa shape index (κ2) is 5.33. The summed E-state index contributed by atoms with van der Waals surface area (Å²) in [6, 6.07) is 27.3. The second-order valence-corrected chi connectivity index (χ2v) is 4.97. The van der Waals surface area contributed by atoms with Crippen LogP contribution in [0.4, 0.5) is 0 Å². The summed E-state index contributed by atoms with van der Waals surface area (Å²) >= 11 is 4.34. The lowest BCUT2D eigenvalue weighted by molar-refractivity contribution is 1.47. The van der Waals surface area contributed by atoms with Gasteiger partial charge in [0, 0.05) is 4.90 Å². The Labute approximate surface area is 119 Å². The molecule has 0 atom stereocenters. The third-order valence-electron chi connectivity index (χ3n) is 3.19. The van der Waals surface area contributed by atoms with E-state index in [0.717, 1.165) is 4.90 Å². The lowest BCUT2D eigenvalue weighted by Gasteiger charge is -2.10. The molecule has 0 aliphatic carbocycles. The summed E-state index contributed by atoms with van der Waals surface area (Å²) in [5.74, 6) is 0. The van der Waals surface area contributed by atoms with Crippen molar-refractivity contribution in [3.05, 3.63) is 78.9 Å². The average Bonchev–Trinajstić information content (AvgIpc) is 2.49. The van der Waals surface area contributed by atoms with Crippen molar-refractivity contribution < 1.29 is 0 Å². The number of thiol groups is 1. The predicted octanol–water partition coefficient (Wildman–Crippen LogP) is 5.31. The van der Waals surface area contributed by atoms with Gasteiger partial charge in [0.1, 0.15) is 0 Å². The molecule has 0 heterocycles. The smallest absolute Gasteiger partial charge is 0.00404 e. The van der Waals surface area contributed by atoms with Crippen molar-refractivity contribution in [1.82, 2.24) is 0 Å². The van der Waals surface area contributed by atoms with E-state index >= 15 is 0 Å². The van der Waals surface area contributed by atoms with Crippen molar-refractivity contribution in [3.8, 4) is 22.3 Å². The fourth-order valence-corrected chi connectivity index (χ4v) is 2.39. The van der Waals surface area contributed by atoms with Crippen LogP contribution in [0.5, 0.6) is 0 Å². The van der Waals surface area contributed by atoms with E-state index in [2.05, 4.69) is 73.3 Å². The van der Waals surface area contributed by atoms with E-state index < -0.39 is 0 Å². The molecule has 0 nitrogen and oxygen atoms in total. The summed E-state index contributed by atoms with van der Waals surface area (Å²) in [5, 5.41) is 0. The topological polar surface area (TPSA) is 0 Å². The number of hydrogen-bond acceptors (Lipinski definition) is 1. The molecule has 0 unspecified atom stereocenters. The molecule has 3 rings (SSSR count). The van der Waals surface area contributed by atoms with E-state index in [-0.39, 0.29) is 0 Å². The Bertz CT molecular complexity index is 670. The summed E-state index contributed by atoms with van der Waals surface area (Å²) in [5.41, 5.74) is 4.97. The summed E-state index contributed by atoms with van der Waals surface area (Å²) < 4.78 is 0. The molecule has 0 radical (unpaired) electrons. The van der Waals surface area contributed by atoms with Gasteiger partial charge < -0.3 is 0 Å². The molecule has 0 saturated carbocycles.